The van der Waals surface area contributed by atoms with Crippen LogP contribution in [0.1, 0.15) is 75.3 Å². The summed E-state index contributed by atoms with van der Waals surface area (Å²) in [6, 6.07) is 23.1. The third kappa shape index (κ3) is 8.68. The van der Waals surface area contributed by atoms with Crippen LogP contribution < -0.4 is 10.1 Å². The van der Waals surface area contributed by atoms with Crippen molar-refractivity contribution in [2.75, 3.05) is 11.9 Å². The highest BCUT2D eigenvalue weighted by atomic mass is 19.1. The Balaban J connectivity index is 1.84. The van der Waals surface area contributed by atoms with E-state index in [0.29, 0.717) is 30.0 Å². The molecule has 1 amide bonds. The van der Waals surface area contributed by atoms with Crippen molar-refractivity contribution in [2.24, 2.45) is 0 Å². The number of halogens is 1. The van der Waals surface area contributed by atoms with Gasteiger partial charge in [-0.05, 0) is 91.8 Å². The van der Waals surface area contributed by atoms with Crippen LogP contribution in [-0.2, 0) is 11.3 Å². The lowest BCUT2D eigenvalue weighted by Crippen LogP contribution is -2.22. The lowest BCUT2D eigenvalue weighted by Gasteiger charge is -2.20. The zero-order valence-corrected chi connectivity index (χ0v) is 26.4. The highest BCUT2D eigenvalue weighted by molar-refractivity contribution is 6.12. The Morgan fingerprint density at radius 3 is 2.18 bits per heavy atom. The second-order valence-electron chi connectivity index (χ2n) is 11.7. The monoisotopic (exact) mass is 614 g/mol. The number of nitrogens with zero attached hydrogens (tertiary/aromatic N) is 1. The summed E-state index contributed by atoms with van der Waals surface area (Å²) in [5.74, 6) is -0.195. The number of carbonyl (C=O) groups excluding carboxylic acids is 2. The maximum Gasteiger partial charge on any atom is 0.258 e. The van der Waals surface area contributed by atoms with Crippen molar-refractivity contribution in [3.63, 3.8) is 0 Å². The second-order valence-corrected chi connectivity index (χ2v) is 11.7. The van der Waals surface area contributed by atoms with Crippen LogP contribution in [0.5, 0.6) is 5.75 Å². The van der Waals surface area contributed by atoms with Gasteiger partial charge in [-0.25, -0.2) is 4.39 Å². The molecule has 0 saturated heterocycles. The lowest BCUT2D eigenvalue weighted by atomic mass is 9.94. The van der Waals surface area contributed by atoms with Gasteiger partial charge in [-0.3, -0.25) is 9.59 Å². The minimum absolute atomic E-state index is 0.0210. The molecule has 2 atom stereocenters. The van der Waals surface area contributed by atoms with Gasteiger partial charge < -0.3 is 24.8 Å². The van der Waals surface area contributed by atoms with Crippen molar-refractivity contribution in [3.8, 4) is 28.1 Å². The predicted octanol–water partition coefficient (Wildman–Crippen LogP) is 7.61. The smallest absolute Gasteiger partial charge is 0.258 e. The zero-order valence-electron chi connectivity index (χ0n) is 26.4. The molecule has 238 valence electrons. The normalized spacial score (nSPS) is 12.6. The molecule has 7 nitrogen and oxygen atoms in total. The third-order valence-corrected chi connectivity index (χ3v) is 7.60. The Bertz CT molecular complexity index is 1560. The highest BCUT2D eigenvalue weighted by Crippen LogP contribution is 2.42. The SMILES string of the molecule is CCCOc1ccc(NC(=O)c2c(-c3ccccc3)c(-c3ccc(F)cc3)n(CC[C@@H](O)C[C@@H](O)CC(C)=O)c2C(C)C)cc1. The number of benzene rings is 3. The van der Waals surface area contributed by atoms with Gasteiger partial charge in [-0.2, -0.15) is 0 Å². The van der Waals surface area contributed by atoms with E-state index in [1.165, 1.54) is 19.1 Å². The number of aromatic nitrogens is 1. The number of Topliss-reactive ketones (excluding diaryl/α,β-unsaturated/α-hetero) is 1. The van der Waals surface area contributed by atoms with Gasteiger partial charge in [0.05, 0.1) is 30.1 Å². The largest absolute Gasteiger partial charge is 0.494 e. The van der Waals surface area contributed by atoms with Crippen molar-refractivity contribution >= 4 is 17.4 Å². The summed E-state index contributed by atoms with van der Waals surface area (Å²) in [7, 11) is 0. The molecule has 0 bridgehead atoms. The second kappa shape index (κ2) is 15.6. The van der Waals surface area contributed by atoms with Crippen LogP contribution in [0.4, 0.5) is 10.1 Å². The van der Waals surface area contributed by atoms with Gasteiger partial charge in [0.2, 0.25) is 0 Å². The van der Waals surface area contributed by atoms with Crippen molar-refractivity contribution in [2.45, 2.75) is 78.0 Å². The van der Waals surface area contributed by atoms with E-state index < -0.39 is 12.2 Å². The molecule has 0 fully saturated rings. The molecule has 1 aromatic heterocycles. The number of ketones is 1. The van der Waals surface area contributed by atoms with Crippen LogP contribution in [0.2, 0.25) is 0 Å². The molecule has 45 heavy (non-hydrogen) atoms. The van der Waals surface area contributed by atoms with Crippen molar-refractivity contribution in [1.29, 1.82) is 0 Å². The average Bonchev–Trinajstić information content (AvgIpc) is 3.35. The molecule has 0 radical (unpaired) electrons. The molecule has 1 heterocycles. The number of rotatable bonds is 15. The minimum Gasteiger partial charge on any atom is -0.494 e. The summed E-state index contributed by atoms with van der Waals surface area (Å²) in [6.45, 7) is 8.40. The highest BCUT2D eigenvalue weighted by Gasteiger charge is 2.31. The maximum absolute atomic E-state index is 14.3. The molecule has 0 aliphatic heterocycles. The Labute approximate surface area is 264 Å². The summed E-state index contributed by atoms with van der Waals surface area (Å²) in [5, 5.41) is 24.2. The fraction of sp³-hybridized carbons (Fsp3) is 0.351. The van der Waals surface area contributed by atoms with Gasteiger partial charge in [0.15, 0.2) is 0 Å². The Morgan fingerprint density at radius 2 is 1.58 bits per heavy atom. The molecule has 0 saturated carbocycles. The number of carbonyl (C=O) groups is 2. The average molecular weight is 615 g/mol. The van der Waals surface area contributed by atoms with E-state index in [0.717, 1.165) is 34.7 Å². The maximum atomic E-state index is 14.3. The molecule has 3 aromatic carbocycles. The standard InChI is InChI=1S/C37H43FN2O5/c1-5-21-45-32-17-15-29(16-18-32)39-37(44)34-33(26-9-7-6-8-10-26)36(27-11-13-28(38)14-12-27)40(35(34)24(2)3)20-19-30(42)23-31(43)22-25(4)41/h6-18,24,30-31,42-43H,5,19-23H2,1-4H3,(H,39,44)/t30-,31+/m1/s1. The number of hydrogen-bond acceptors (Lipinski definition) is 5. The van der Waals surface area contributed by atoms with Crippen molar-refractivity contribution in [1.82, 2.24) is 4.57 Å². The van der Waals surface area contributed by atoms with E-state index in [2.05, 4.69) is 5.32 Å². The van der Waals surface area contributed by atoms with Gasteiger partial charge >= 0.3 is 0 Å². The molecule has 0 aliphatic carbocycles. The number of amides is 1. The van der Waals surface area contributed by atoms with Gasteiger partial charge in [0.1, 0.15) is 17.3 Å². The Kier molecular flexibility index (Phi) is 11.7. The quantitative estimate of drug-likeness (QED) is 0.128. The molecule has 4 aromatic rings. The van der Waals surface area contributed by atoms with Gasteiger partial charge in [-0.15, -0.1) is 0 Å². The fourth-order valence-electron chi connectivity index (χ4n) is 5.67. The predicted molar refractivity (Wildman–Crippen MR) is 176 cm³/mol. The minimum atomic E-state index is -0.941. The van der Waals surface area contributed by atoms with Gasteiger partial charge in [0, 0.05) is 29.9 Å². The molecule has 4 rings (SSSR count). The number of hydrogen-bond donors (Lipinski definition) is 3. The van der Waals surface area contributed by atoms with E-state index in [4.69, 9.17) is 4.74 Å². The topological polar surface area (TPSA) is 101 Å². The van der Waals surface area contributed by atoms with Crippen LogP contribution in [0.25, 0.3) is 22.4 Å². The number of aliphatic hydroxyl groups is 2. The molecule has 3 N–H and O–H groups in total. The third-order valence-electron chi connectivity index (χ3n) is 7.60. The zero-order chi connectivity index (χ0) is 32.5. The van der Waals surface area contributed by atoms with Crippen molar-refractivity contribution in [3.05, 3.63) is 95.9 Å². The summed E-state index contributed by atoms with van der Waals surface area (Å²) in [5.41, 5.74) is 4.86. The van der Waals surface area contributed by atoms with Gasteiger partial charge in [0.25, 0.3) is 5.91 Å². The van der Waals surface area contributed by atoms with E-state index >= 15 is 0 Å². The van der Waals surface area contributed by atoms with E-state index in [1.54, 1.807) is 24.3 Å². The number of aliphatic hydroxyl groups excluding tert-OH is 2. The van der Waals surface area contributed by atoms with Crippen LogP contribution in [0.3, 0.4) is 0 Å². The first-order valence-corrected chi connectivity index (χ1v) is 15.6. The Morgan fingerprint density at radius 1 is 0.911 bits per heavy atom. The summed E-state index contributed by atoms with van der Waals surface area (Å²) in [4.78, 5) is 25.8. The van der Waals surface area contributed by atoms with Gasteiger partial charge in [-0.1, -0.05) is 51.1 Å². The van der Waals surface area contributed by atoms with Crippen LogP contribution in [-0.4, -0.2) is 45.3 Å². The molecule has 8 heteroatoms. The number of ether oxygens (including phenoxy) is 1. The number of anilines is 1. The first-order chi connectivity index (χ1) is 21.6. The van der Waals surface area contributed by atoms with Crippen LogP contribution in [0, 0.1) is 5.82 Å². The van der Waals surface area contributed by atoms with E-state index in [-0.39, 0.29) is 42.7 Å². The van der Waals surface area contributed by atoms with Crippen molar-refractivity contribution < 1.29 is 28.9 Å². The summed E-state index contributed by atoms with van der Waals surface area (Å²) >= 11 is 0. The fourth-order valence-corrected chi connectivity index (χ4v) is 5.67. The summed E-state index contributed by atoms with van der Waals surface area (Å²) < 4.78 is 21.8. The lowest BCUT2D eigenvalue weighted by molar-refractivity contribution is -0.119. The van der Waals surface area contributed by atoms with E-state index in [9.17, 15) is 24.2 Å². The molecular weight excluding hydrogens is 571 g/mol. The first-order valence-electron chi connectivity index (χ1n) is 15.6. The molecular formula is C37H43FN2O5. The molecule has 0 unspecified atom stereocenters. The summed E-state index contributed by atoms with van der Waals surface area (Å²) in [6.07, 6.45) is -0.626. The van der Waals surface area contributed by atoms with Crippen LogP contribution >= 0.6 is 0 Å². The van der Waals surface area contributed by atoms with E-state index in [1.807, 2.05) is 67.8 Å². The first kappa shape index (κ1) is 33.6. The molecule has 0 aliphatic rings. The Hall–Kier alpha value is -4.27. The van der Waals surface area contributed by atoms with Crippen LogP contribution in [0.15, 0.2) is 78.9 Å². The molecule has 0 spiro atoms. The number of nitrogens with one attached hydrogen (secondary N) is 1.